The fourth-order valence-corrected chi connectivity index (χ4v) is 3.24. The predicted octanol–water partition coefficient (Wildman–Crippen LogP) is 3.60. The molecule has 0 saturated carbocycles. The van der Waals surface area contributed by atoms with E-state index in [4.69, 9.17) is 9.15 Å². The molecule has 4 aromatic rings. The van der Waals surface area contributed by atoms with Crippen molar-refractivity contribution in [1.82, 2.24) is 14.8 Å². The number of nitrogens with zero attached hydrogens (tertiary/aromatic N) is 3. The normalized spacial score (nSPS) is 11.0. The molecule has 3 heterocycles. The Morgan fingerprint density at radius 2 is 2.07 bits per heavy atom. The average molecular weight is 389 g/mol. The molecule has 0 amide bonds. The van der Waals surface area contributed by atoms with Crippen molar-refractivity contribution >= 4 is 16.9 Å². The van der Waals surface area contributed by atoms with Gasteiger partial charge in [0.25, 0.3) is 0 Å². The molecule has 0 fully saturated rings. The van der Waals surface area contributed by atoms with Crippen molar-refractivity contribution in [1.29, 1.82) is 0 Å². The molecule has 7 nitrogen and oxygen atoms in total. The number of hydrogen-bond donors (Lipinski definition) is 0. The largest absolute Gasteiger partial charge is 0.457 e. The van der Waals surface area contributed by atoms with Crippen LogP contribution < -0.4 is 5.63 Å². The number of carbonyl (C=O) groups excluding carboxylic acids is 1. The van der Waals surface area contributed by atoms with E-state index in [2.05, 4.69) is 10.1 Å². The topological polar surface area (TPSA) is 87.2 Å². The lowest BCUT2D eigenvalue weighted by molar-refractivity contribution is 0.0472. The maximum absolute atomic E-state index is 12.7. The van der Waals surface area contributed by atoms with Gasteiger partial charge in [0.05, 0.1) is 11.9 Å². The molecular weight excluding hydrogens is 370 g/mol. The molecule has 0 aliphatic rings. The molecule has 7 heteroatoms. The maximum atomic E-state index is 12.7. The van der Waals surface area contributed by atoms with Gasteiger partial charge >= 0.3 is 11.6 Å². The Labute approximate surface area is 166 Å². The minimum atomic E-state index is -0.502. The lowest BCUT2D eigenvalue weighted by atomic mass is 10.1. The van der Waals surface area contributed by atoms with Gasteiger partial charge in [0.15, 0.2) is 5.82 Å². The Balaban J connectivity index is 1.61. The third-order valence-electron chi connectivity index (χ3n) is 4.63. The SMILES string of the molecule is CCc1c(C(=O)OCc2cc(=O)oc3cc(C)ccc23)cnn1-c1ccccn1. The summed E-state index contributed by atoms with van der Waals surface area (Å²) in [7, 11) is 0. The highest BCUT2D eigenvalue weighted by Crippen LogP contribution is 2.21. The summed E-state index contributed by atoms with van der Waals surface area (Å²) in [4.78, 5) is 28.9. The van der Waals surface area contributed by atoms with Gasteiger partial charge in [0.1, 0.15) is 17.8 Å². The van der Waals surface area contributed by atoms with Gasteiger partial charge in [-0.25, -0.2) is 19.3 Å². The summed E-state index contributed by atoms with van der Waals surface area (Å²) < 4.78 is 12.4. The second-order valence-electron chi connectivity index (χ2n) is 6.62. The van der Waals surface area contributed by atoms with Crippen LogP contribution in [0.15, 0.2) is 64.1 Å². The smallest absolute Gasteiger partial charge is 0.341 e. The van der Waals surface area contributed by atoms with Crippen LogP contribution in [0.3, 0.4) is 0 Å². The first kappa shape index (κ1) is 18.6. The van der Waals surface area contributed by atoms with E-state index in [9.17, 15) is 9.59 Å². The third-order valence-corrected chi connectivity index (χ3v) is 4.63. The van der Waals surface area contributed by atoms with Crippen molar-refractivity contribution in [2.45, 2.75) is 26.9 Å². The van der Waals surface area contributed by atoms with Crippen LogP contribution in [0, 0.1) is 6.92 Å². The van der Waals surface area contributed by atoms with E-state index in [0.717, 1.165) is 10.9 Å². The summed E-state index contributed by atoms with van der Waals surface area (Å²) in [5, 5.41) is 5.03. The molecule has 146 valence electrons. The quantitative estimate of drug-likeness (QED) is 0.383. The molecule has 0 unspecified atom stereocenters. The van der Waals surface area contributed by atoms with Crippen LogP contribution in [-0.2, 0) is 17.8 Å². The van der Waals surface area contributed by atoms with Crippen LogP contribution in [-0.4, -0.2) is 20.7 Å². The minimum Gasteiger partial charge on any atom is -0.457 e. The van der Waals surface area contributed by atoms with Crippen molar-refractivity contribution in [3.8, 4) is 5.82 Å². The fourth-order valence-electron chi connectivity index (χ4n) is 3.24. The first-order chi connectivity index (χ1) is 14.1. The Morgan fingerprint density at radius 3 is 2.83 bits per heavy atom. The molecule has 0 N–H and O–H groups in total. The van der Waals surface area contributed by atoms with Crippen molar-refractivity contribution in [3.05, 3.63) is 87.7 Å². The highest BCUT2D eigenvalue weighted by Gasteiger charge is 2.19. The third kappa shape index (κ3) is 3.67. The van der Waals surface area contributed by atoms with Crippen molar-refractivity contribution in [2.75, 3.05) is 0 Å². The van der Waals surface area contributed by atoms with E-state index in [1.807, 2.05) is 44.2 Å². The summed E-state index contributed by atoms with van der Waals surface area (Å²) in [6.45, 7) is 3.81. The molecule has 4 rings (SSSR count). The first-order valence-electron chi connectivity index (χ1n) is 9.25. The van der Waals surface area contributed by atoms with Gasteiger partial charge in [-0.3, -0.25) is 0 Å². The monoisotopic (exact) mass is 389 g/mol. The van der Waals surface area contributed by atoms with Gasteiger partial charge in [0.2, 0.25) is 0 Å². The molecular formula is C22H19N3O4. The Kier molecular flexibility index (Phi) is 4.95. The Bertz CT molecular complexity index is 1240. The summed E-state index contributed by atoms with van der Waals surface area (Å²) in [5.41, 5.74) is 2.65. The minimum absolute atomic E-state index is 0.0398. The molecule has 0 aliphatic heterocycles. The van der Waals surface area contributed by atoms with Crippen molar-refractivity contribution in [2.24, 2.45) is 0 Å². The summed E-state index contributed by atoms with van der Waals surface area (Å²) in [6.07, 6.45) is 3.73. The average Bonchev–Trinajstić information content (AvgIpc) is 3.16. The second-order valence-corrected chi connectivity index (χ2v) is 6.62. The lowest BCUT2D eigenvalue weighted by Gasteiger charge is -2.09. The molecule has 3 aromatic heterocycles. The van der Waals surface area contributed by atoms with E-state index in [1.54, 1.807) is 16.9 Å². The lowest BCUT2D eigenvalue weighted by Crippen LogP contribution is -2.11. The van der Waals surface area contributed by atoms with Gasteiger partial charge < -0.3 is 9.15 Å². The van der Waals surface area contributed by atoms with Gasteiger partial charge in [-0.1, -0.05) is 25.1 Å². The van der Waals surface area contributed by atoms with Crippen LogP contribution in [0.5, 0.6) is 0 Å². The van der Waals surface area contributed by atoms with Crippen LogP contribution >= 0.6 is 0 Å². The number of ether oxygens (including phenoxy) is 1. The summed E-state index contributed by atoms with van der Waals surface area (Å²) in [6, 6.07) is 12.4. The number of rotatable bonds is 5. The van der Waals surface area contributed by atoms with Crippen molar-refractivity contribution < 1.29 is 13.9 Å². The van der Waals surface area contributed by atoms with Crippen LogP contribution in [0.25, 0.3) is 16.8 Å². The number of benzene rings is 1. The van der Waals surface area contributed by atoms with Crippen LogP contribution in [0.2, 0.25) is 0 Å². The van der Waals surface area contributed by atoms with Crippen LogP contribution in [0.1, 0.15) is 34.1 Å². The van der Waals surface area contributed by atoms with E-state index in [-0.39, 0.29) is 6.61 Å². The maximum Gasteiger partial charge on any atom is 0.341 e. The zero-order chi connectivity index (χ0) is 20.4. The summed E-state index contributed by atoms with van der Waals surface area (Å²) in [5.74, 6) is 0.128. The highest BCUT2D eigenvalue weighted by atomic mass is 16.5. The number of aryl methyl sites for hydroxylation is 1. The molecule has 0 radical (unpaired) electrons. The van der Waals surface area contributed by atoms with Gasteiger partial charge in [-0.05, 0) is 37.1 Å². The molecule has 1 aromatic carbocycles. The zero-order valence-electron chi connectivity index (χ0n) is 16.1. The predicted molar refractivity (Wildman–Crippen MR) is 107 cm³/mol. The van der Waals surface area contributed by atoms with Gasteiger partial charge in [-0.15, -0.1) is 0 Å². The first-order valence-corrected chi connectivity index (χ1v) is 9.25. The Hall–Kier alpha value is -3.74. The Morgan fingerprint density at radius 1 is 1.21 bits per heavy atom. The zero-order valence-corrected chi connectivity index (χ0v) is 16.1. The second kappa shape index (κ2) is 7.71. The van der Waals surface area contributed by atoms with E-state index >= 15 is 0 Å². The van der Waals surface area contributed by atoms with E-state index in [1.165, 1.54) is 12.3 Å². The molecule has 0 spiro atoms. The van der Waals surface area contributed by atoms with E-state index < -0.39 is 11.6 Å². The number of carbonyl (C=O) groups is 1. The summed E-state index contributed by atoms with van der Waals surface area (Å²) >= 11 is 0. The molecule has 0 aliphatic carbocycles. The number of aromatic nitrogens is 3. The number of hydrogen-bond acceptors (Lipinski definition) is 6. The number of pyridine rings is 1. The molecule has 0 saturated heterocycles. The van der Waals surface area contributed by atoms with Gasteiger partial charge in [0, 0.05) is 23.2 Å². The van der Waals surface area contributed by atoms with Gasteiger partial charge in [-0.2, -0.15) is 5.10 Å². The molecule has 0 bridgehead atoms. The van der Waals surface area contributed by atoms with Crippen LogP contribution in [0.4, 0.5) is 0 Å². The molecule has 0 atom stereocenters. The number of esters is 1. The fraction of sp³-hybridized carbons (Fsp3) is 0.182. The number of fused-ring (bicyclic) bond motifs is 1. The standard InChI is InChI=1S/C22H19N3O4/c1-3-18-17(12-24-25(18)20-6-4-5-9-23-20)22(27)28-13-15-11-21(26)29-19-10-14(2)7-8-16(15)19/h4-12H,3,13H2,1-2H3. The van der Waals surface area contributed by atoms with Crippen molar-refractivity contribution in [3.63, 3.8) is 0 Å². The van der Waals surface area contributed by atoms with E-state index in [0.29, 0.717) is 34.6 Å². The molecule has 29 heavy (non-hydrogen) atoms. The highest BCUT2D eigenvalue weighted by molar-refractivity contribution is 5.91.